The van der Waals surface area contributed by atoms with E-state index in [1.807, 2.05) is 0 Å². The Labute approximate surface area is 81.0 Å². The number of rotatable bonds is 3. The maximum atomic E-state index is 12.5. The van der Waals surface area contributed by atoms with Crippen LogP contribution in [0.5, 0.6) is 0 Å². The molecular formula is C10H10FNO2. The van der Waals surface area contributed by atoms with Crippen molar-refractivity contribution in [3.8, 4) is 0 Å². The van der Waals surface area contributed by atoms with Crippen molar-refractivity contribution in [3.63, 3.8) is 0 Å². The van der Waals surface area contributed by atoms with Crippen molar-refractivity contribution in [3.05, 3.63) is 29.8 Å². The molecule has 0 radical (unpaired) electrons. The molecule has 1 rings (SSSR count). The van der Waals surface area contributed by atoms with Crippen LogP contribution >= 0.6 is 0 Å². The number of carbonyl (C=O) groups is 2. The molecule has 0 saturated carbocycles. The van der Waals surface area contributed by atoms with Gasteiger partial charge in [0.2, 0.25) is 0 Å². The van der Waals surface area contributed by atoms with E-state index in [4.69, 9.17) is 0 Å². The predicted octanol–water partition coefficient (Wildman–Crippen LogP) is 1.63. The van der Waals surface area contributed by atoms with Crippen molar-refractivity contribution < 1.29 is 14.0 Å². The SMILES string of the molecule is CC(=O)C(C)C(=O)c1ccc(F)cn1. The molecule has 0 amide bonds. The quantitative estimate of drug-likeness (QED) is 0.544. The van der Waals surface area contributed by atoms with E-state index >= 15 is 0 Å². The molecule has 0 aliphatic rings. The molecular weight excluding hydrogens is 185 g/mol. The minimum absolute atomic E-state index is 0.120. The second-order valence-electron chi connectivity index (χ2n) is 3.06. The number of aromatic nitrogens is 1. The lowest BCUT2D eigenvalue weighted by molar-refractivity contribution is -0.118. The molecule has 3 nitrogen and oxygen atoms in total. The summed E-state index contributed by atoms with van der Waals surface area (Å²) in [6, 6.07) is 2.42. The van der Waals surface area contributed by atoms with Gasteiger partial charge in [-0.15, -0.1) is 0 Å². The second kappa shape index (κ2) is 4.09. The number of Topliss-reactive ketones (excluding diaryl/α,β-unsaturated/α-hetero) is 2. The van der Waals surface area contributed by atoms with Gasteiger partial charge < -0.3 is 0 Å². The van der Waals surface area contributed by atoms with Crippen molar-refractivity contribution in [2.45, 2.75) is 13.8 Å². The van der Waals surface area contributed by atoms with Crippen molar-refractivity contribution in [2.75, 3.05) is 0 Å². The Kier molecular flexibility index (Phi) is 3.06. The molecule has 0 N–H and O–H groups in total. The molecule has 1 aromatic rings. The molecule has 0 saturated heterocycles. The first-order valence-electron chi connectivity index (χ1n) is 4.18. The second-order valence-corrected chi connectivity index (χ2v) is 3.06. The van der Waals surface area contributed by atoms with Crippen LogP contribution in [0.1, 0.15) is 24.3 Å². The van der Waals surface area contributed by atoms with Crippen molar-refractivity contribution >= 4 is 11.6 Å². The molecule has 1 atom stereocenters. The van der Waals surface area contributed by atoms with Gasteiger partial charge in [-0.1, -0.05) is 0 Å². The van der Waals surface area contributed by atoms with E-state index in [2.05, 4.69) is 4.98 Å². The molecule has 0 spiro atoms. The fourth-order valence-electron chi connectivity index (χ4n) is 0.928. The first-order valence-corrected chi connectivity index (χ1v) is 4.18. The van der Waals surface area contributed by atoms with Crippen LogP contribution in [0.15, 0.2) is 18.3 Å². The van der Waals surface area contributed by atoms with Gasteiger partial charge in [-0.05, 0) is 26.0 Å². The normalized spacial score (nSPS) is 12.2. The maximum absolute atomic E-state index is 12.5. The van der Waals surface area contributed by atoms with Crippen LogP contribution in [-0.2, 0) is 4.79 Å². The van der Waals surface area contributed by atoms with E-state index in [9.17, 15) is 14.0 Å². The van der Waals surface area contributed by atoms with Crippen molar-refractivity contribution in [2.24, 2.45) is 5.92 Å². The Bertz CT molecular complexity index is 359. The van der Waals surface area contributed by atoms with Crippen molar-refractivity contribution in [1.29, 1.82) is 0 Å². The third kappa shape index (κ3) is 2.22. The van der Waals surface area contributed by atoms with Crippen LogP contribution in [0.3, 0.4) is 0 Å². The lowest BCUT2D eigenvalue weighted by Gasteiger charge is -2.04. The minimum atomic E-state index is -0.715. The number of ketones is 2. The zero-order valence-electron chi connectivity index (χ0n) is 7.95. The third-order valence-corrected chi connectivity index (χ3v) is 1.98. The van der Waals surface area contributed by atoms with Gasteiger partial charge in [-0.2, -0.15) is 0 Å². The number of hydrogen-bond donors (Lipinski definition) is 0. The Morgan fingerprint density at radius 3 is 2.50 bits per heavy atom. The zero-order chi connectivity index (χ0) is 10.7. The van der Waals surface area contributed by atoms with E-state index < -0.39 is 11.7 Å². The summed E-state index contributed by atoms with van der Waals surface area (Å²) in [6.07, 6.45) is 0.958. The lowest BCUT2D eigenvalue weighted by atomic mass is 10.00. The van der Waals surface area contributed by atoms with E-state index in [-0.39, 0.29) is 17.3 Å². The molecule has 1 unspecified atom stereocenters. The molecule has 74 valence electrons. The zero-order valence-corrected chi connectivity index (χ0v) is 7.95. The lowest BCUT2D eigenvalue weighted by Crippen LogP contribution is -2.19. The Balaban J connectivity index is 2.90. The highest BCUT2D eigenvalue weighted by molar-refractivity contribution is 6.08. The highest BCUT2D eigenvalue weighted by Gasteiger charge is 2.20. The molecule has 1 aromatic heterocycles. The van der Waals surface area contributed by atoms with E-state index in [0.717, 1.165) is 12.3 Å². The Morgan fingerprint density at radius 2 is 2.07 bits per heavy atom. The number of carbonyl (C=O) groups excluding carboxylic acids is 2. The van der Waals surface area contributed by atoms with Crippen LogP contribution in [0.2, 0.25) is 0 Å². The first kappa shape index (κ1) is 10.5. The summed E-state index contributed by atoms with van der Waals surface area (Å²) in [5.74, 6) is -1.82. The first-order chi connectivity index (χ1) is 6.52. The minimum Gasteiger partial charge on any atom is -0.299 e. The molecule has 14 heavy (non-hydrogen) atoms. The molecule has 1 heterocycles. The highest BCUT2D eigenvalue weighted by atomic mass is 19.1. The van der Waals surface area contributed by atoms with Crippen LogP contribution in [-0.4, -0.2) is 16.6 Å². The van der Waals surface area contributed by atoms with Gasteiger partial charge in [0.1, 0.15) is 17.3 Å². The van der Waals surface area contributed by atoms with Gasteiger partial charge in [0.05, 0.1) is 12.1 Å². The smallest absolute Gasteiger partial charge is 0.191 e. The average molecular weight is 195 g/mol. The summed E-state index contributed by atoms with van der Waals surface area (Å²) in [6.45, 7) is 2.85. The van der Waals surface area contributed by atoms with Gasteiger partial charge in [0, 0.05) is 0 Å². The number of nitrogens with zero attached hydrogens (tertiary/aromatic N) is 1. The van der Waals surface area contributed by atoms with E-state index in [1.54, 1.807) is 0 Å². The molecule has 0 bridgehead atoms. The number of halogens is 1. The summed E-state index contributed by atoms with van der Waals surface area (Å²) in [7, 11) is 0. The average Bonchev–Trinajstić information content (AvgIpc) is 2.16. The summed E-state index contributed by atoms with van der Waals surface area (Å²) in [5, 5.41) is 0. The van der Waals surface area contributed by atoms with Gasteiger partial charge in [-0.25, -0.2) is 4.39 Å². The fraction of sp³-hybridized carbons (Fsp3) is 0.300. The summed E-state index contributed by atoms with van der Waals surface area (Å²) in [4.78, 5) is 26.0. The topological polar surface area (TPSA) is 47.0 Å². The van der Waals surface area contributed by atoms with Gasteiger partial charge >= 0.3 is 0 Å². The number of hydrogen-bond acceptors (Lipinski definition) is 3. The van der Waals surface area contributed by atoms with Crippen LogP contribution < -0.4 is 0 Å². The summed E-state index contributed by atoms with van der Waals surface area (Å²) >= 11 is 0. The van der Waals surface area contributed by atoms with Gasteiger partial charge in [0.25, 0.3) is 0 Å². The Morgan fingerprint density at radius 1 is 1.43 bits per heavy atom. The summed E-state index contributed by atoms with van der Waals surface area (Å²) in [5.41, 5.74) is 0.120. The highest BCUT2D eigenvalue weighted by Crippen LogP contribution is 2.07. The summed E-state index contributed by atoms with van der Waals surface area (Å²) < 4.78 is 12.5. The van der Waals surface area contributed by atoms with Gasteiger partial charge in [-0.3, -0.25) is 14.6 Å². The van der Waals surface area contributed by atoms with Crippen LogP contribution in [0, 0.1) is 11.7 Å². The molecule has 4 heteroatoms. The van der Waals surface area contributed by atoms with Crippen LogP contribution in [0.4, 0.5) is 4.39 Å². The van der Waals surface area contributed by atoms with Crippen molar-refractivity contribution in [1.82, 2.24) is 4.98 Å². The molecule has 0 aliphatic heterocycles. The predicted molar refractivity (Wildman–Crippen MR) is 48.4 cm³/mol. The molecule has 0 aromatic carbocycles. The van der Waals surface area contributed by atoms with E-state index in [1.165, 1.54) is 19.9 Å². The standard InChI is InChI=1S/C10H10FNO2/c1-6(7(2)13)10(14)9-4-3-8(11)5-12-9/h3-6H,1-2H3. The fourth-order valence-corrected chi connectivity index (χ4v) is 0.928. The van der Waals surface area contributed by atoms with Crippen LogP contribution in [0.25, 0.3) is 0 Å². The monoisotopic (exact) mass is 195 g/mol. The third-order valence-electron chi connectivity index (χ3n) is 1.98. The number of pyridine rings is 1. The van der Waals surface area contributed by atoms with E-state index in [0.29, 0.717) is 0 Å². The largest absolute Gasteiger partial charge is 0.299 e. The molecule has 0 fully saturated rings. The van der Waals surface area contributed by atoms with Gasteiger partial charge in [0.15, 0.2) is 5.78 Å². The molecule has 0 aliphatic carbocycles. The maximum Gasteiger partial charge on any atom is 0.191 e. The Hall–Kier alpha value is -1.58.